The second-order valence-corrected chi connectivity index (χ2v) is 7.78. The molecule has 150 valence electrons. The molecular weight excluding hydrogens is 388 g/mol. The van der Waals surface area contributed by atoms with E-state index in [0.717, 1.165) is 28.4 Å². The molecule has 0 fully saturated rings. The number of ether oxygens (including phenoxy) is 3. The van der Waals surface area contributed by atoms with Gasteiger partial charge in [0.25, 0.3) is 5.91 Å². The number of hydrogen-bond acceptors (Lipinski definition) is 6. The van der Waals surface area contributed by atoms with Gasteiger partial charge in [0.05, 0.1) is 30.5 Å². The number of methoxy groups -OCH3 is 1. The molecule has 0 saturated heterocycles. The summed E-state index contributed by atoms with van der Waals surface area (Å²) in [4.78, 5) is 17.2. The molecule has 0 saturated carbocycles. The number of carbonyl (C=O) groups excluding carboxylic acids is 1. The van der Waals surface area contributed by atoms with Crippen LogP contribution in [0.25, 0.3) is 0 Å². The molecule has 4 rings (SSSR count). The van der Waals surface area contributed by atoms with E-state index in [1.165, 1.54) is 0 Å². The average molecular weight is 410 g/mol. The number of carbonyl (C=O) groups is 1. The summed E-state index contributed by atoms with van der Waals surface area (Å²) in [5, 5.41) is 6.06. The van der Waals surface area contributed by atoms with Crippen LogP contribution in [-0.4, -0.2) is 24.6 Å². The standard InChI is InChI=1S/C22H22N2O4S/c1-14-23-16(13-29-14)12-28-20-8-7-15(11-21(20)26-2)22(25)24-18-9-10-27-19-6-4-3-5-17(18)19/h3-8,11,13,18H,9-10,12H2,1-2H3,(H,24,25)/t18-/m0/s1. The molecule has 2 aromatic carbocycles. The van der Waals surface area contributed by atoms with Crippen molar-refractivity contribution in [3.63, 3.8) is 0 Å². The van der Waals surface area contributed by atoms with Crippen molar-refractivity contribution < 1.29 is 19.0 Å². The smallest absolute Gasteiger partial charge is 0.251 e. The molecular formula is C22H22N2O4S. The minimum atomic E-state index is -0.160. The van der Waals surface area contributed by atoms with Gasteiger partial charge in [-0.2, -0.15) is 0 Å². The Morgan fingerprint density at radius 3 is 2.93 bits per heavy atom. The molecule has 1 N–H and O–H groups in total. The molecule has 3 aromatic rings. The van der Waals surface area contributed by atoms with E-state index < -0.39 is 0 Å². The molecule has 2 heterocycles. The Balaban J connectivity index is 1.46. The van der Waals surface area contributed by atoms with Crippen LogP contribution in [-0.2, 0) is 6.61 Å². The third-order valence-electron chi connectivity index (χ3n) is 4.73. The van der Waals surface area contributed by atoms with Gasteiger partial charge in [-0.3, -0.25) is 4.79 Å². The van der Waals surface area contributed by atoms with Gasteiger partial charge >= 0.3 is 0 Å². The number of aromatic nitrogens is 1. The van der Waals surface area contributed by atoms with Gasteiger partial charge < -0.3 is 19.5 Å². The molecule has 1 aliphatic heterocycles. The first-order valence-corrected chi connectivity index (χ1v) is 10.3. The van der Waals surface area contributed by atoms with Crippen LogP contribution < -0.4 is 19.5 Å². The molecule has 0 aliphatic carbocycles. The molecule has 29 heavy (non-hydrogen) atoms. The van der Waals surface area contributed by atoms with Crippen molar-refractivity contribution in [1.82, 2.24) is 10.3 Å². The number of nitrogens with zero attached hydrogens (tertiary/aromatic N) is 1. The van der Waals surface area contributed by atoms with Crippen LogP contribution in [0.3, 0.4) is 0 Å². The largest absolute Gasteiger partial charge is 0.493 e. The first kappa shape index (κ1) is 19.3. The maximum atomic E-state index is 12.8. The second kappa shape index (κ2) is 8.53. The Hall–Kier alpha value is -3.06. The fourth-order valence-corrected chi connectivity index (χ4v) is 3.89. The van der Waals surface area contributed by atoms with E-state index in [4.69, 9.17) is 14.2 Å². The zero-order chi connectivity index (χ0) is 20.2. The predicted molar refractivity (Wildman–Crippen MR) is 111 cm³/mol. The summed E-state index contributed by atoms with van der Waals surface area (Å²) >= 11 is 1.58. The lowest BCUT2D eigenvalue weighted by atomic mass is 10.00. The molecule has 1 amide bonds. The van der Waals surface area contributed by atoms with Crippen molar-refractivity contribution in [3.8, 4) is 17.2 Å². The average Bonchev–Trinajstić information content (AvgIpc) is 3.17. The van der Waals surface area contributed by atoms with Crippen LogP contribution >= 0.6 is 11.3 Å². The summed E-state index contributed by atoms with van der Waals surface area (Å²) in [7, 11) is 1.56. The number of benzene rings is 2. The van der Waals surface area contributed by atoms with Gasteiger partial charge in [0.15, 0.2) is 11.5 Å². The molecule has 6 nitrogen and oxygen atoms in total. The number of hydrogen-bond donors (Lipinski definition) is 1. The van der Waals surface area contributed by atoms with Crippen molar-refractivity contribution in [2.24, 2.45) is 0 Å². The molecule has 0 unspecified atom stereocenters. The van der Waals surface area contributed by atoms with Gasteiger partial charge in [-0.05, 0) is 31.2 Å². The molecule has 0 bridgehead atoms. The number of amides is 1. The Bertz CT molecular complexity index is 1020. The van der Waals surface area contributed by atoms with E-state index >= 15 is 0 Å². The zero-order valence-electron chi connectivity index (χ0n) is 16.3. The fourth-order valence-electron chi connectivity index (χ4n) is 3.29. The number of para-hydroxylation sites is 1. The Kier molecular flexibility index (Phi) is 5.67. The summed E-state index contributed by atoms with van der Waals surface area (Å²) in [6, 6.07) is 12.9. The molecule has 1 aromatic heterocycles. The highest BCUT2D eigenvalue weighted by molar-refractivity contribution is 7.09. The molecule has 0 spiro atoms. The van der Waals surface area contributed by atoms with Crippen LogP contribution in [0.15, 0.2) is 47.8 Å². The van der Waals surface area contributed by atoms with Crippen molar-refractivity contribution in [2.45, 2.75) is 26.0 Å². The number of fused-ring (bicyclic) bond motifs is 1. The van der Waals surface area contributed by atoms with Gasteiger partial charge in [0.2, 0.25) is 0 Å². The van der Waals surface area contributed by atoms with Gasteiger partial charge in [0.1, 0.15) is 12.4 Å². The highest BCUT2D eigenvalue weighted by atomic mass is 32.1. The Morgan fingerprint density at radius 2 is 2.14 bits per heavy atom. The summed E-state index contributed by atoms with van der Waals surface area (Å²) in [6.07, 6.45) is 0.730. The molecule has 7 heteroatoms. The monoisotopic (exact) mass is 410 g/mol. The summed E-state index contributed by atoms with van der Waals surface area (Å²) < 4.78 is 16.9. The third-order valence-corrected chi connectivity index (χ3v) is 5.55. The van der Waals surface area contributed by atoms with Crippen LogP contribution in [0, 0.1) is 6.92 Å². The van der Waals surface area contributed by atoms with E-state index in [-0.39, 0.29) is 11.9 Å². The van der Waals surface area contributed by atoms with E-state index in [1.807, 2.05) is 36.6 Å². The van der Waals surface area contributed by atoms with Crippen LogP contribution in [0.5, 0.6) is 17.2 Å². The topological polar surface area (TPSA) is 69.7 Å². The summed E-state index contributed by atoms with van der Waals surface area (Å²) in [6.45, 7) is 2.89. The van der Waals surface area contributed by atoms with Gasteiger partial charge in [-0.1, -0.05) is 18.2 Å². The SMILES string of the molecule is COc1cc(C(=O)N[C@H]2CCOc3ccccc32)ccc1OCc1csc(C)n1. The van der Waals surface area contributed by atoms with Crippen molar-refractivity contribution in [2.75, 3.05) is 13.7 Å². The first-order valence-electron chi connectivity index (χ1n) is 9.38. The number of thiazole rings is 1. The van der Waals surface area contributed by atoms with E-state index in [0.29, 0.717) is 30.3 Å². The lowest BCUT2D eigenvalue weighted by Gasteiger charge is -2.26. The van der Waals surface area contributed by atoms with E-state index in [2.05, 4.69) is 10.3 Å². The van der Waals surface area contributed by atoms with Crippen LogP contribution in [0.1, 0.15) is 39.1 Å². The molecule has 1 aliphatic rings. The lowest BCUT2D eigenvalue weighted by Crippen LogP contribution is -2.32. The van der Waals surface area contributed by atoms with Gasteiger partial charge in [-0.15, -0.1) is 11.3 Å². The molecule has 0 radical (unpaired) electrons. The Labute approximate surface area is 173 Å². The Morgan fingerprint density at radius 1 is 1.28 bits per heavy atom. The molecule has 1 atom stereocenters. The maximum absolute atomic E-state index is 12.8. The normalized spacial score (nSPS) is 15.2. The lowest BCUT2D eigenvalue weighted by molar-refractivity contribution is 0.0924. The third kappa shape index (κ3) is 4.35. The van der Waals surface area contributed by atoms with E-state index in [1.54, 1.807) is 36.6 Å². The van der Waals surface area contributed by atoms with Crippen LogP contribution in [0.2, 0.25) is 0 Å². The van der Waals surface area contributed by atoms with E-state index in [9.17, 15) is 4.79 Å². The minimum absolute atomic E-state index is 0.0812. The highest BCUT2D eigenvalue weighted by Gasteiger charge is 2.23. The number of aryl methyl sites for hydroxylation is 1. The number of nitrogens with one attached hydrogen (secondary N) is 1. The quantitative estimate of drug-likeness (QED) is 0.656. The first-order chi connectivity index (χ1) is 14.1. The summed E-state index contributed by atoms with van der Waals surface area (Å²) in [5.41, 5.74) is 2.38. The van der Waals surface area contributed by atoms with Crippen LogP contribution in [0.4, 0.5) is 0 Å². The zero-order valence-corrected chi connectivity index (χ0v) is 17.1. The minimum Gasteiger partial charge on any atom is -0.493 e. The van der Waals surface area contributed by atoms with Gasteiger partial charge in [0, 0.05) is 22.9 Å². The van der Waals surface area contributed by atoms with Crippen molar-refractivity contribution in [1.29, 1.82) is 0 Å². The van der Waals surface area contributed by atoms with Crippen molar-refractivity contribution >= 4 is 17.2 Å². The predicted octanol–water partition coefficient (Wildman–Crippen LogP) is 4.29. The van der Waals surface area contributed by atoms with Crippen molar-refractivity contribution in [3.05, 3.63) is 69.7 Å². The highest BCUT2D eigenvalue weighted by Crippen LogP contribution is 2.33. The number of rotatable bonds is 6. The summed E-state index contributed by atoms with van der Waals surface area (Å²) in [5.74, 6) is 1.75. The van der Waals surface area contributed by atoms with Gasteiger partial charge in [-0.25, -0.2) is 4.98 Å². The maximum Gasteiger partial charge on any atom is 0.251 e. The second-order valence-electron chi connectivity index (χ2n) is 6.71. The fraction of sp³-hybridized carbons (Fsp3) is 0.273.